The van der Waals surface area contributed by atoms with Crippen molar-refractivity contribution in [3.8, 4) is 0 Å². The van der Waals surface area contributed by atoms with Crippen LogP contribution in [0.25, 0.3) is 0 Å². The summed E-state index contributed by atoms with van der Waals surface area (Å²) in [4.78, 5) is 38.4. The third-order valence-corrected chi connectivity index (χ3v) is 5.25. The molecule has 146 valence electrons. The van der Waals surface area contributed by atoms with Crippen LogP contribution in [0.1, 0.15) is 24.5 Å². The molecule has 2 aromatic rings. The third kappa shape index (κ3) is 3.84. The molecule has 28 heavy (non-hydrogen) atoms. The van der Waals surface area contributed by atoms with E-state index in [1.807, 2.05) is 6.07 Å². The molecule has 0 aliphatic carbocycles. The molecule has 1 fully saturated rings. The largest absolute Gasteiger partial charge is 0.459 e. The molecule has 8 heteroatoms. The van der Waals surface area contributed by atoms with Crippen LogP contribution in [-0.4, -0.2) is 29.4 Å². The molecule has 1 aliphatic rings. The van der Waals surface area contributed by atoms with E-state index in [0.29, 0.717) is 27.6 Å². The maximum atomic E-state index is 13.0. The summed E-state index contributed by atoms with van der Waals surface area (Å²) in [6.07, 6.45) is 0.355. The lowest BCUT2D eigenvalue weighted by atomic mass is 9.87. The van der Waals surface area contributed by atoms with Crippen molar-refractivity contribution < 1.29 is 19.1 Å². The van der Waals surface area contributed by atoms with Crippen molar-refractivity contribution in [3.63, 3.8) is 0 Å². The predicted molar refractivity (Wildman–Crippen MR) is 105 cm³/mol. The number of hydrogen-bond acceptors (Lipinski definition) is 4. The van der Waals surface area contributed by atoms with Gasteiger partial charge in [-0.15, -0.1) is 0 Å². The molecule has 0 radical (unpaired) electrons. The summed E-state index contributed by atoms with van der Waals surface area (Å²) in [6.45, 7) is 1.23. The maximum Gasteiger partial charge on any atom is 0.326 e. The van der Waals surface area contributed by atoms with E-state index in [2.05, 4.69) is 5.32 Å². The Balaban J connectivity index is 1.69. The molecule has 1 saturated heterocycles. The number of rotatable bonds is 6. The Hall–Kier alpha value is -2.57. The molecule has 0 spiro atoms. The Morgan fingerprint density at radius 1 is 1.14 bits per heavy atom. The topological polar surface area (TPSA) is 75.7 Å². The van der Waals surface area contributed by atoms with Crippen molar-refractivity contribution >= 4 is 41.1 Å². The lowest BCUT2D eigenvalue weighted by molar-refractivity contribution is -0.149. The van der Waals surface area contributed by atoms with E-state index in [9.17, 15) is 14.4 Å². The van der Waals surface area contributed by atoms with E-state index in [1.54, 1.807) is 49.4 Å². The van der Waals surface area contributed by atoms with Gasteiger partial charge in [-0.1, -0.05) is 66.5 Å². The van der Waals surface area contributed by atoms with Gasteiger partial charge < -0.3 is 10.1 Å². The molecular weight excluding hydrogens is 403 g/mol. The Kier molecular flexibility index (Phi) is 5.91. The molecule has 1 heterocycles. The molecule has 0 bridgehead atoms. The molecule has 3 rings (SSSR count). The zero-order valence-electron chi connectivity index (χ0n) is 15.1. The highest BCUT2D eigenvalue weighted by Gasteiger charge is 2.51. The van der Waals surface area contributed by atoms with Crippen LogP contribution in [-0.2, 0) is 26.5 Å². The van der Waals surface area contributed by atoms with Gasteiger partial charge in [-0.05, 0) is 24.1 Å². The van der Waals surface area contributed by atoms with Crippen LogP contribution in [0.2, 0.25) is 10.0 Å². The van der Waals surface area contributed by atoms with Crippen LogP contribution < -0.4 is 5.32 Å². The van der Waals surface area contributed by atoms with Crippen LogP contribution >= 0.6 is 23.2 Å². The maximum absolute atomic E-state index is 13.0. The number of hydrogen-bond donors (Lipinski definition) is 1. The Morgan fingerprint density at radius 2 is 1.86 bits per heavy atom. The van der Waals surface area contributed by atoms with Gasteiger partial charge in [-0.25, -0.2) is 4.79 Å². The first-order chi connectivity index (χ1) is 13.4. The average molecular weight is 421 g/mol. The van der Waals surface area contributed by atoms with Crippen molar-refractivity contribution in [1.29, 1.82) is 0 Å². The van der Waals surface area contributed by atoms with Crippen LogP contribution in [0.5, 0.6) is 0 Å². The summed E-state index contributed by atoms with van der Waals surface area (Å²) in [5, 5.41) is 3.56. The van der Waals surface area contributed by atoms with E-state index in [4.69, 9.17) is 27.9 Å². The molecule has 0 aromatic heterocycles. The molecule has 1 aliphatic heterocycles. The normalized spacial score (nSPS) is 18.9. The highest BCUT2D eigenvalue weighted by atomic mass is 35.5. The fraction of sp³-hybridized carbons (Fsp3) is 0.250. The number of ether oxygens (including phenoxy) is 1. The fourth-order valence-corrected chi connectivity index (χ4v) is 3.57. The SMILES string of the molecule is CCC1(c2ccccc2)NC(=O)N(CC(=O)OCc2ccc(Cl)cc2Cl)C1=O. The lowest BCUT2D eigenvalue weighted by Gasteiger charge is -2.25. The number of halogens is 2. The van der Waals surface area contributed by atoms with Gasteiger partial charge in [-0.3, -0.25) is 14.5 Å². The number of carbonyl (C=O) groups excluding carboxylic acids is 3. The third-order valence-electron chi connectivity index (χ3n) is 4.66. The standard InChI is InChI=1S/C20H18Cl2N2O4/c1-2-20(14-6-4-3-5-7-14)18(26)24(19(27)23-20)11-17(25)28-12-13-8-9-15(21)10-16(13)22/h3-10H,2,11-12H2,1H3,(H,23,27). The van der Waals surface area contributed by atoms with Gasteiger partial charge in [0.05, 0.1) is 0 Å². The molecule has 3 amide bonds. The number of benzene rings is 2. The molecule has 1 atom stereocenters. The lowest BCUT2D eigenvalue weighted by Crippen LogP contribution is -2.43. The molecule has 1 N–H and O–H groups in total. The number of esters is 1. The summed E-state index contributed by atoms with van der Waals surface area (Å²) in [5.41, 5.74) is 0.0569. The summed E-state index contributed by atoms with van der Waals surface area (Å²) in [6, 6.07) is 13.1. The van der Waals surface area contributed by atoms with Crippen molar-refractivity contribution in [2.45, 2.75) is 25.5 Å². The van der Waals surface area contributed by atoms with Crippen molar-refractivity contribution in [1.82, 2.24) is 10.2 Å². The number of urea groups is 1. The van der Waals surface area contributed by atoms with Crippen LogP contribution in [0.3, 0.4) is 0 Å². The van der Waals surface area contributed by atoms with Crippen LogP contribution in [0.4, 0.5) is 4.79 Å². The second kappa shape index (κ2) is 8.20. The Bertz CT molecular complexity index is 920. The average Bonchev–Trinajstić information content (AvgIpc) is 2.93. The van der Waals surface area contributed by atoms with Gasteiger partial charge in [0.2, 0.25) is 0 Å². The molecule has 1 unspecified atom stereocenters. The molecule has 6 nitrogen and oxygen atoms in total. The monoisotopic (exact) mass is 420 g/mol. The highest BCUT2D eigenvalue weighted by Crippen LogP contribution is 2.32. The number of carbonyl (C=O) groups is 3. The molecular formula is C20H18Cl2N2O4. The van der Waals surface area contributed by atoms with Crippen molar-refractivity contribution in [2.75, 3.05) is 6.54 Å². The Morgan fingerprint density at radius 3 is 2.50 bits per heavy atom. The van der Waals surface area contributed by atoms with E-state index >= 15 is 0 Å². The zero-order valence-corrected chi connectivity index (χ0v) is 16.6. The minimum Gasteiger partial charge on any atom is -0.459 e. The summed E-state index contributed by atoms with van der Waals surface area (Å²) >= 11 is 11.9. The van der Waals surface area contributed by atoms with Gasteiger partial charge in [0.15, 0.2) is 0 Å². The first kappa shape index (κ1) is 20.2. The summed E-state index contributed by atoms with van der Waals surface area (Å²) in [5.74, 6) is -1.19. The zero-order chi connectivity index (χ0) is 20.3. The minimum absolute atomic E-state index is 0.0872. The predicted octanol–water partition coefficient (Wildman–Crippen LogP) is 3.89. The second-order valence-electron chi connectivity index (χ2n) is 6.34. The fourth-order valence-electron chi connectivity index (χ4n) is 3.10. The molecule has 0 saturated carbocycles. The van der Waals surface area contributed by atoms with Gasteiger partial charge in [0.1, 0.15) is 18.7 Å². The first-order valence-corrected chi connectivity index (χ1v) is 9.42. The van der Waals surface area contributed by atoms with Crippen LogP contribution in [0.15, 0.2) is 48.5 Å². The summed E-state index contributed by atoms with van der Waals surface area (Å²) in [7, 11) is 0. The quantitative estimate of drug-likeness (QED) is 0.567. The van der Waals surface area contributed by atoms with Crippen LogP contribution in [0, 0.1) is 0 Å². The van der Waals surface area contributed by atoms with E-state index in [0.717, 1.165) is 4.90 Å². The van der Waals surface area contributed by atoms with Gasteiger partial charge in [-0.2, -0.15) is 0 Å². The number of nitrogens with zero attached hydrogens (tertiary/aromatic N) is 1. The first-order valence-electron chi connectivity index (χ1n) is 8.66. The number of imide groups is 1. The Labute approximate surface area is 172 Å². The van der Waals surface area contributed by atoms with Gasteiger partial charge in [0, 0.05) is 15.6 Å². The second-order valence-corrected chi connectivity index (χ2v) is 7.19. The number of amides is 3. The van der Waals surface area contributed by atoms with E-state index in [-0.39, 0.29) is 6.61 Å². The van der Waals surface area contributed by atoms with Crippen molar-refractivity contribution in [3.05, 3.63) is 69.7 Å². The minimum atomic E-state index is -1.18. The summed E-state index contributed by atoms with van der Waals surface area (Å²) < 4.78 is 5.17. The van der Waals surface area contributed by atoms with E-state index < -0.39 is 30.0 Å². The highest BCUT2D eigenvalue weighted by molar-refractivity contribution is 6.35. The van der Waals surface area contributed by atoms with E-state index in [1.165, 1.54) is 0 Å². The van der Waals surface area contributed by atoms with Gasteiger partial charge in [0.25, 0.3) is 5.91 Å². The molecule has 2 aromatic carbocycles. The smallest absolute Gasteiger partial charge is 0.326 e. The van der Waals surface area contributed by atoms with Crippen molar-refractivity contribution in [2.24, 2.45) is 0 Å². The number of nitrogens with one attached hydrogen (secondary N) is 1. The van der Waals surface area contributed by atoms with Gasteiger partial charge >= 0.3 is 12.0 Å².